The molecule has 1 N–H and O–H groups in total. The van der Waals surface area contributed by atoms with E-state index in [1.54, 1.807) is 11.6 Å². The summed E-state index contributed by atoms with van der Waals surface area (Å²) in [6.45, 7) is 2.15. The first-order chi connectivity index (χ1) is 8.80. The average Bonchev–Trinajstić information content (AvgIpc) is 2.46. The van der Waals surface area contributed by atoms with Crippen LogP contribution in [-0.2, 0) is 16.8 Å². The maximum atomic E-state index is 6.06. The molecule has 2 aliphatic rings. The standard InChI is InChI=1S/C15H15NOS/c1-2-15-13-6-4-3-5-11(13)7-8-14(15)16-12(10-18)9-17-15/h3-6,8-10,16H,2,7H2,1H3. The lowest BCUT2D eigenvalue weighted by Crippen LogP contribution is -2.42. The fourth-order valence-corrected chi connectivity index (χ4v) is 2.88. The van der Waals surface area contributed by atoms with Crippen LogP contribution in [0.3, 0.4) is 0 Å². The predicted octanol–water partition coefficient (Wildman–Crippen LogP) is 3.19. The molecule has 0 saturated carbocycles. The van der Waals surface area contributed by atoms with Crippen LogP contribution in [0.5, 0.6) is 0 Å². The molecule has 0 spiro atoms. The van der Waals surface area contributed by atoms with Crippen molar-refractivity contribution in [3.8, 4) is 0 Å². The third-order valence-corrected chi connectivity index (χ3v) is 3.96. The minimum Gasteiger partial charge on any atom is -0.482 e. The van der Waals surface area contributed by atoms with Gasteiger partial charge in [0.1, 0.15) is 6.26 Å². The smallest absolute Gasteiger partial charge is 0.172 e. The SMILES string of the molecule is CCC12OC=C(C=S)NC1=CCc1ccccc12. The molecule has 1 unspecified atom stereocenters. The molecular formula is C15H15NOS. The zero-order valence-electron chi connectivity index (χ0n) is 10.3. The van der Waals surface area contributed by atoms with Gasteiger partial charge in [-0.1, -0.05) is 49.5 Å². The topological polar surface area (TPSA) is 21.3 Å². The molecule has 0 saturated heterocycles. The Morgan fingerprint density at radius 2 is 2.28 bits per heavy atom. The molecule has 92 valence electrons. The third-order valence-electron chi connectivity index (χ3n) is 3.70. The predicted molar refractivity (Wildman–Crippen MR) is 76.2 cm³/mol. The highest BCUT2D eigenvalue weighted by Gasteiger charge is 2.42. The number of thiocarbonyl (C=S) groups is 1. The van der Waals surface area contributed by atoms with Crippen LogP contribution >= 0.6 is 12.2 Å². The van der Waals surface area contributed by atoms with Crippen molar-refractivity contribution in [1.82, 2.24) is 5.32 Å². The Balaban J connectivity index is 2.15. The lowest BCUT2D eigenvalue weighted by molar-refractivity contribution is 0.0310. The van der Waals surface area contributed by atoms with Crippen LogP contribution in [0.25, 0.3) is 0 Å². The van der Waals surface area contributed by atoms with Gasteiger partial charge < -0.3 is 10.1 Å². The molecule has 0 bridgehead atoms. The fraction of sp³-hybridized carbons (Fsp3) is 0.267. The Morgan fingerprint density at radius 3 is 3.06 bits per heavy atom. The van der Waals surface area contributed by atoms with Gasteiger partial charge in [-0.25, -0.2) is 0 Å². The summed E-state index contributed by atoms with van der Waals surface area (Å²) in [7, 11) is 0. The maximum Gasteiger partial charge on any atom is 0.172 e. The minimum atomic E-state index is -0.364. The molecule has 1 atom stereocenters. The van der Waals surface area contributed by atoms with Crippen LogP contribution in [0.4, 0.5) is 0 Å². The zero-order chi connectivity index (χ0) is 12.6. The summed E-state index contributed by atoms with van der Waals surface area (Å²) in [6.07, 6.45) is 5.77. The molecule has 0 fully saturated rings. The van der Waals surface area contributed by atoms with Crippen LogP contribution in [0.1, 0.15) is 24.5 Å². The van der Waals surface area contributed by atoms with E-state index in [0.717, 1.165) is 24.2 Å². The van der Waals surface area contributed by atoms with Crippen molar-refractivity contribution in [2.75, 3.05) is 0 Å². The molecule has 2 nitrogen and oxygen atoms in total. The average molecular weight is 257 g/mol. The second kappa shape index (κ2) is 4.25. The summed E-state index contributed by atoms with van der Waals surface area (Å²) in [4.78, 5) is 0. The van der Waals surface area contributed by atoms with E-state index in [-0.39, 0.29) is 5.60 Å². The molecule has 1 aromatic carbocycles. The Kier molecular flexibility index (Phi) is 2.71. The van der Waals surface area contributed by atoms with Crippen molar-refractivity contribution in [1.29, 1.82) is 0 Å². The first-order valence-corrected chi connectivity index (χ1v) is 6.66. The van der Waals surface area contributed by atoms with Crippen LogP contribution < -0.4 is 5.32 Å². The van der Waals surface area contributed by atoms with E-state index in [1.165, 1.54) is 11.1 Å². The number of nitrogens with one attached hydrogen (secondary N) is 1. The van der Waals surface area contributed by atoms with Crippen molar-refractivity contribution in [2.24, 2.45) is 0 Å². The minimum absolute atomic E-state index is 0.364. The molecule has 1 aliphatic heterocycles. The second-order valence-corrected chi connectivity index (χ2v) is 4.83. The molecular weight excluding hydrogens is 242 g/mol. The number of fused-ring (bicyclic) bond motifs is 3. The van der Waals surface area contributed by atoms with Crippen LogP contribution in [0.15, 0.2) is 48.0 Å². The number of benzene rings is 1. The Hall–Kier alpha value is -1.61. The third kappa shape index (κ3) is 1.51. The molecule has 18 heavy (non-hydrogen) atoms. The van der Waals surface area contributed by atoms with E-state index >= 15 is 0 Å². The van der Waals surface area contributed by atoms with E-state index in [1.807, 2.05) is 0 Å². The number of allylic oxidation sites excluding steroid dienone is 2. The maximum absolute atomic E-state index is 6.06. The lowest BCUT2D eigenvalue weighted by atomic mass is 9.79. The van der Waals surface area contributed by atoms with E-state index in [4.69, 9.17) is 17.0 Å². The monoisotopic (exact) mass is 257 g/mol. The second-order valence-electron chi connectivity index (χ2n) is 4.59. The largest absolute Gasteiger partial charge is 0.482 e. The normalized spacial score (nSPS) is 24.7. The summed E-state index contributed by atoms with van der Waals surface area (Å²) in [5, 5.41) is 4.99. The van der Waals surface area contributed by atoms with Gasteiger partial charge in [0.15, 0.2) is 5.60 Å². The zero-order valence-corrected chi connectivity index (χ0v) is 11.1. The molecule has 3 rings (SSSR count). The van der Waals surface area contributed by atoms with Gasteiger partial charge in [-0.15, -0.1) is 0 Å². The molecule has 1 aliphatic carbocycles. The molecule has 0 amide bonds. The molecule has 0 aromatic heterocycles. The molecule has 0 radical (unpaired) electrons. The van der Waals surface area contributed by atoms with Gasteiger partial charge in [0.25, 0.3) is 0 Å². The number of hydrogen-bond acceptors (Lipinski definition) is 3. The van der Waals surface area contributed by atoms with Gasteiger partial charge in [0, 0.05) is 10.9 Å². The Labute approximate surface area is 112 Å². The fourth-order valence-electron chi connectivity index (χ4n) is 2.76. The van der Waals surface area contributed by atoms with Gasteiger partial charge in [-0.05, 0) is 18.4 Å². The summed E-state index contributed by atoms with van der Waals surface area (Å²) in [5.41, 5.74) is 4.19. The van der Waals surface area contributed by atoms with Crippen molar-refractivity contribution in [2.45, 2.75) is 25.4 Å². The first-order valence-electron chi connectivity index (χ1n) is 6.19. The van der Waals surface area contributed by atoms with Gasteiger partial charge in [-0.3, -0.25) is 0 Å². The summed E-state index contributed by atoms with van der Waals surface area (Å²) in [5.74, 6) is 0. The quantitative estimate of drug-likeness (QED) is 0.822. The van der Waals surface area contributed by atoms with Gasteiger partial charge in [-0.2, -0.15) is 0 Å². The molecule has 1 aromatic rings. The highest BCUT2D eigenvalue weighted by molar-refractivity contribution is 7.79. The van der Waals surface area contributed by atoms with Crippen LogP contribution in [-0.4, -0.2) is 5.37 Å². The van der Waals surface area contributed by atoms with E-state index in [0.29, 0.717) is 0 Å². The molecule has 1 heterocycles. The van der Waals surface area contributed by atoms with E-state index in [9.17, 15) is 0 Å². The summed E-state index contributed by atoms with van der Waals surface area (Å²) >= 11 is 4.95. The number of rotatable bonds is 2. The van der Waals surface area contributed by atoms with Crippen molar-refractivity contribution in [3.63, 3.8) is 0 Å². The van der Waals surface area contributed by atoms with Gasteiger partial charge in [0.05, 0.1) is 11.4 Å². The highest BCUT2D eigenvalue weighted by atomic mass is 32.1. The number of hydrogen-bond donors (Lipinski definition) is 1. The van der Waals surface area contributed by atoms with Crippen molar-refractivity contribution in [3.05, 3.63) is 59.1 Å². The van der Waals surface area contributed by atoms with E-state index < -0.39 is 0 Å². The summed E-state index contributed by atoms with van der Waals surface area (Å²) < 4.78 is 6.06. The Morgan fingerprint density at radius 1 is 1.44 bits per heavy atom. The van der Waals surface area contributed by atoms with Gasteiger partial charge >= 0.3 is 0 Å². The lowest BCUT2D eigenvalue weighted by Gasteiger charge is -2.42. The van der Waals surface area contributed by atoms with Crippen molar-refractivity contribution < 1.29 is 4.74 Å². The molecule has 3 heteroatoms. The van der Waals surface area contributed by atoms with Crippen LogP contribution in [0.2, 0.25) is 0 Å². The van der Waals surface area contributed by atoms with Crippen molar-refractivity contribution >= 4 is 17.6 Å². The highest BCUT2D eigenvalue weighted by Crippen LogP contribution is 2.43. The van der Waals surface area contributed by atoms with Crippen LogP contribution in [0, 0.1) is 0 Å². The summed E-state index contributed by atoms with van der Waals surface area (Å²) in [6, 6.07) is 8.47. The first kappa shape index (κ1) is 11.5. The van der Waals surface area contributed by atoms with Gasteiger partial charge in [0.2, 0.25) is 0 Å². The van der Waals surface area contributed by atoms with E-state index in [2.05, 4.69) is 42.6 Å². The number of ether oxygens (including phenoxy) is 1. The Bertz CT molecular complexity index is 561.